The highest BCUT2D eigenvalue weighted by Gasteiger charge is 2.44. The van der Waals surface area contributed by atoms with Gasteiger partial charge in [-0.3, -0.25) is 8.75 Å². The number of nitrogens with two attached hydrogens (primary N) is 1. The number of imidazole rings is 1. The Morgan fingerprint density at radius 1 is 1.35 bits per heavy atom. The van der Waals surface area contributed by atoms with Gasteiger partial charge in [0.05, 0.1) is 18.6 Å². The highest BCUT2D eigenvalue weighted by Crippen LogP contribution is 2.31. The topological polar surface area (TPSA) is 163 Å². The Bertz CT molecular complexity index is 823. The summed E-state index contributed by atoms with van der Waals surface area (Å²) in [4.78, 5) is 12.2. The summed E-state index contributed by atoms with van der Waals surface area (Å²) < 4.78 is 33.0. The highest BCUT2D eigenvalue weighted by atomic mass is 32.2. The van der Waals surface area contributed by atoms with E-state index in [-0.39, 0.29) is 0 Å². The van der Waals surface area contributed by atoms with Crippen LogP contribution in [0.1, 0.15) is 11.9 Å². The number of aliphatic hydroxyl groups excluding tert-OH is 2. The lowest BCUT2D eigenvalue weighted by Gasteiger charge is -2.16. The van der Waals surface area contributed by atoms with E-state index in [9.17, 15) is 18.6 Å². The lowest BCUT2D eigenvalue weighted by molar-refractivity contribution is -0.0467. The van der Waals surface area contributed by atoms with Crippen LogP contribution in [0.15, 0.2) is 12.7 Å². The molecule has 0 amide bonds. The van der Waals surface area contributed by atoms with E-state index in [1.165, 1.54) is 17.2 Å². The fourth-order valence-electron chi connectivity index (χ4n) is 2.41. The van der Waals surface area contributed by atoms with Gasteiger partial charge < -0.3 is 14.9 Å². The van der Waals surface area contributed by atoms with Crippen molar-refractivity contribution in [1.29, 1.82) is 0 Å². The van der Waals surface area contributed by atoms with Crippen LogP contribution in [0.25, 0.3) is 11.2 Å². The molecular weight excluding hydrogens is 330 g/mol. The molecule has 0 saturated carbocycles. The third kappa shape index (κ3) is 3.04. The SMILES string of the molecule is Cc1ncnc2c1ncn2[C@@H]1O[C@H](COS(N)(=O)=O)[C@@H](O)[C@H]1O. The molecule has 11 nitrogen and oxygen atoms in total. The van der Waals surface area contributed by atoms with E-state index in [1.54, 1.807) is 6.92 Å². The van der Waals surface area contributed by atoms with Gasteiger partial charge in [0.1, 0.15) is 30.2 Å². The van der Waals surface area contributed by atoms with E-state index >= 15 is 0 Å². The molecule has 4 atom stereocenters. The van der Waals surface area contributed by atoms with Crippen LogP contribution in [-0.2, 0) is 19.2 Å². The molecule has 126 valence electrons. The van der Waals surface area contributed by atoms with Crippen molar-refractivity contribution in [2.75, 3.05) is 6.61 Å². The molecule has 23 heavy (non-hydrogen) atoms. The Morgan fingerprint density at radius 2 is 2.09 bits per heavy atom. The minimum atomic E-state index is -4.18. The number of ether oxygens (including phenoxy) is 1. The van der Waals surface area contributed by atoms with Crippen LogP contribution in [0.4, 0.5) is 0 Å². The Hall–Kier alpha value is -1.70. The zero-order valence-electron chi connectivity index (χ0n) is 12.0. The fourth-order valence-corrected chi connectivity index (χ4v) is 2.74. The van der Waals surface area contributed by atoms with Gasteiger partial charge >= 0.3 is 10.3 Å². The van der Waals surface area contributed by atoms with E-state index in [0.717, 1.165) is 0 Å². The van der Waals surface area contributed by atoms with Crippen molar-refractivity contribution in [3.8, 4) is 0 Å². The van der Waals surface area contributed by atoms with Crippen molar-refractivity contribution < 1.29 is 27.6 Å². The second-order valence-corrected chi connectivity index (χ2v) is 6.33. The number of aryl methyl sites for hydroxylation is 1. The van der Waals surface area contributed by atoms with Gasteiger partial charge in [-0.1, -0.05) is 0 Å². The molecule has 0 spiro atoms. The molecule has 0 bridgehead atoms. The Morgan fingerprint density at radius 3 is 2.78 bits per heavy atom. The minimum Gasteiger partial charge on any atom is -0.387 e. The van der Waals surface area contributed by atoms with Gasteiger partial charge in [0.15, 0.2) is 11.9 Å². The number of fused-ring (bicyclic) bond motifs is 1. The Balaban J connectivity index is 1.86. The van der Waals surface area contributed by atoms with Crippen LogP contribution in [0.5, 0.6) is 0 Å². The first-order valence-electron chi connectivity index (χ1n) is 6.61. The zero-order valence-corrected chi connectivity index (χ0v) is 12.8. The smallest absolute Gasteiger partial charge is 0.333 e. The van der Waals surface area contributed by atoms with Crippen LogP contribution in [-0.4, -0.2) is 63.1 Å². The number of aliphatic hydroxyl groups is 2. The first-order valence-corrected chi connectivity index (χ1v) is 8.08. The molecule has 1 saturated heterocycles. The van der Waals surface area contributed by atoms with Gasteiger partial charge in [-0.2, -0.15) is 8.42 Å². The summed E-state index contributed by atoms with van der Waals surface area (Å²) in [6, 6.07) is 0. The first kappa shape index (κ1) is 16.2. The van der Waals surface area contributed by atoms with Gasteiger partial charge in [0.2, 0.25) is 0 Å². The van der Waals surface area contributed by atoms with E-state index in [1.807, 2.05) is 0 Å². The van der Waals surface area contributed by atoms with Gasteiger partial charge in [-0.05, 0) is 6.92 Å². The monoisotopic (exact) mass is 345 g/mol. The normalized spacial score (nSPS) is 28.5. The van der Waals surface area contributed by atoms with Gasteiger partial charge in [-0.25, -0.2) is 20.1 Å². The number of aromatic nitrogens is 4. The minimum absolute atomic E-state index is 0.418. The van der Waals surface area contributed by atoms with E-state index < -0.39 is 41.5 Å². The maximum atomic E-state index is 10.8. The Labute approximate surface area is 131 Å². The van der Waals surface area contributed by atoms with Gasteiger partial charge in [-0.15, -0.1) is 0 Å². The van der Waals surface area contributed by atoms with Crippen LogP contribution >= 0.6 is 0 Å². The molecule has 1 fully saturated rings. The summed E-state index contributed by atoms with van der Waals surface area (Å²) in [6.45, 7) is 1.24. The molecule has 1 aliphatic rings. The summed E-state index contributed by atoms with van der Waals surface area (Å²) in [5.41, 5.74) is 1.60. The quantitative estimate of drug-likeness (QED) is 0.567. The van der Waals surface area contributed by atoms with E-state index in [4.69, 9.17) is 9.88 Å². The van der Waals surface area contributed by atoms with Crippen molar-refractivity contribution in [3.63, 3.8) is 0 Å². The van der Waals surface area contributed by atoms with Gasteiger partial charge in [0.25, 0.3) is 0 Å². The van der Waals surface area contributed by atoms with Crippen molar-refractivity contribution in [1.82, 2.24) is 19.5 Å². The second kappa shape index (κ2) is 5.74. The fraction of sp³-hybridized carbons (Fsp3) is 0.545. The summed E-state index contributed by atoms with van der Waals surface area (Å²) in [5, 5.41) is 24.9. The third-order valence-electron chi connectivity index (χ3n) is 3.55. The predicted molar refractivity (Wildman–Crippen MR) is 75.0 cm³/mol. The van der Waals surface area contributed by atoms with Crippen LogP contribution in [0, 0.1) is 6.92 Å². The lowest BCUT2D eigenvalue weighted by atomic mass is 10.1. The standard InChI is InChI=1S/C11H15N5O6S/c1-5-7-10(14-3-13-5)16(4-15-7)11-9(18)8(17)6(22-11)2-21-23(12,19)20/h3-4,6,8-9,11,17-18H,2H2,1H3,(H2,12,19,20)/t6-,8-,9-,11-/m1/s1. The largest absolute Gasteiger partial charge is 0.387 e. The van der Waals surface area contributed by atoms with Crippen molar-refractivity contribution in [3.05, 3.63) is 18.3 Å². The first-order chi connectivity index (χ1) is 10.8. The van der Waals surface area contributed by atoms with Crippen LogP contribution in [0.3, 0.4) is 0 Å². The van der Waals surface area contributed by atoms with Crippen LogP contribution in [0.2, 0.25) is 0 Å². The molecule has 3 rings (SSSR count). The maximum absolute atomic E-state index is 10.8. The molecule has 4 N–H and O–H groups in total. The molecular formula is C11H15N5O6S. The second-order valence-electron chi connectivity index (χ2n) is 5.11. The molecule has 0 aromatic carbocycles. The van der Waals surface area contributed by atoms with E-state index in [2.05, 4.69) is 19.1 Å². The molecule has 2 aromatic heterocycles. The Kier molecular flexibility index (Phi) is 4.03. The molecule has 1 aliphatic heterocycles. The number of nitrogens with zero attached hydrogens (tertiary/aromatic N) is 4. The average molecular weight is 345 g/mol. The maximum Gasteiger partial charge on any atom is 0.333 e. The lowest BCUT2D eigenvalue weighted by Crippen LogP contribution is -2.35. The summed E-state index contributed by atoms with van der Waals surface area (Å²) in [6.07, 6.45) is -2.02. The molecule has 2 aromatic rings. The molecule has 3 heterocycles. The number of hydrogen-bond donors (Lipinski definition) is 3. The van der Waals surface area contributed by atoms with Gasteiger partial charge in [0, 0.05) is 0 Å². The van der Waals surface area contributed by atoms with Crippen molar-refractivity contribution in [2.24, 2.45) is 5.14 Å². The van der Waals surface area contributed by atoms with Crippen LogP contribution < -0.4 is 5.14 Å². The molecule has 0 aliphatic carbocycles. The summed E-state index contributed by atoms with van der Waals surface area (Å²) in [5.74, 6) is 0. The third-order valence-corrected chi connectivity index (χ3v) is 4.01. The summed E-state index contributed by atoms with van der Waals surface area (Å²) in [7, 11) is -4.18. The zero-order chi connectivity index (χ0) is 16.8. The average Bonchev–Trinajstić information content (AvgIpc) is 3.01. The van der Waals surface area contributed by atoms with Crippen molar-refractivity contribution >= 4 is 21.5 Å². The van der Waals surface area contributed by atoms with E-state index in [0.29, 0.717) is 16.9 Å². The molecule has 0 radical (unpaired) electrons. The number of rotatable bonds is 4. The number of hydrogen-bond acceptors (Lipinski definition) is 9. The summed E-state index contributed by atoms with van der Waals surface area (Å²) >= 11 is 0. The molecule has 0 unspecified atom stereocenters. The predicted octanol–water partition coefficient (Wildman–Crippen LogP) is -2.03. The molecule has 12 heteroatoms. The van der Waals surface area contributed by atoms with Crippen molar-refractivity contribution in [2.45, 2.75) is 31.5 Å². The highest BCUT2D eigenvalue weighted by molar-refractivity contribution is 7.84.